The quantitative estimate of drug-likeness (QED) is 0.229. The molecule has 0 amide bonds. The molecule has 1 saturated carbocycles. The van der Waals surface area contributed by atoms with Crippen LogP contribution in [0.4, 0.5) is 4.39 Å². The molecular formula is C32H37FO2. The van der Waals surface area contributed by atoms with Crippen LogP contribution < -0.4 is 4.74 Å². The predicted molar refractivity (Wildman–Crippen MR) is 141 cm³/mol. The number of carbonyl (C=O) groups is 1. The molecule has 0 bridgehead atoms. The summed E-state index contributed by atoms with van der Waals surface area (Å²) in [6.45, 7) is 4.39. The van der Waals surface area contributed by atoms with E-state index >= 15 is 4.39 Å². The molecule has 0 heterocycles. The maximum absolute atomic E-state index is 15.1. The van der Waals surface area contributed by atoms with Gasteiger partial charge in [-0.3, -0.25) is 0 Å². The number of unbranched alkanes of at least 4 members (excludes halogenated alkanes) is 1. The molecule has 35 heavy (non-hydrogen) atoms. The molecule has 3 aromatic rings. The van der Waals surface area contributed by atoms with Gasteiger partial charge in [0.2, 0.25) is 0 Å². The summed E-state index contributed by atoms with van der Waals surface area (Å²) in [4.78, 5) is 12.5. The van der Waals surface area contributed by atoms with E-state index in [-0.39, 0.29) is 5.82 Å². The van der Waals surface area contributed by atoms with Crippen molar-refractivity contribution in [2.24, 2.45) is 5.92 Å². The number of hydrogen-bond acceptors (Lipinski definition) is 2. The standard InChI is InChI=1S/C32H37FO2/c1-3-5-7-24-8-12-25(13-9-24)28-18-21-30(31(33)22-28)26-14-16-27(17-15-26)32(34)35-29-19-10-23(6-4-2)11-20-29/h10-11,14-22,24-25H,3-9,12-13H2,1-2H3/t24-,25-. The summed E-state index contributed by atoms with van der Waals surface area (Å²) >= 11 is 0. The molecule has 0 radical (unpaired) electrons. The number of aryl methyl sites for hydroxylation is 1. The van der Waals surface area contributed by atoms with Crippen molar-refractivity contribution in [3.8, 4) is 16.9 Å². The van der Waals surface area contributed by atoms with E-state index in [1.54, 1.807) is 30.3 Å². The van der Waals surface area contributed by atoms with E-state index in [9.17, 15) is 4.79 Å². The third-order valence-electron chi connectivity index (χ3n) is 7.38. The fraction of sp³-hybridized carbons (Fsp3) is 0.406. The van der Waals surface area contributed by atoms with Crippen LogP contribution in [0.2, 0.25) is 0 Å². The van der Waals surface area contributed by atoms with Crippen LogP contribution in [-0.2, 0) is 6.42 Å². The lowest BCUT2D eigenvalue weighted by molar-refractivity contribution is 0.0734. The topological polar surface area (TPSA) is 26.3 Å². The summed E-state index contributed by atoms with van der Waals surface area (Å²) in [5.41, 5.74) is 4.12. The second-order valence-corrected chi connectivity index (χ2v) is 9.96. The molecule has 1 aliphatic rings. The first kappa shape index (κ1) is 25.2. The minimum Gasteiger partial charge on any atom is -0.423 e. The highest BCUT2D eigenvalue weighted by molar-refractivity contribution is 5.91. The van der Waals surface area contributed by atoms with E-state index < -0.39 is 5.97 Å². The molecule has 1 fully saturated rings. The minimum absolute atomic E-state index is 0.196. The van der Waals surface area contributed by atoms with Gasteiger partial charge in [0, 0.05) is 5.56 Å². The summed E-state index contributed by atoms with van der Waals surface area (Å²) in [6.07, 6.45) is 10.8. The molecule has 3 aromatic carbocycles. The fourth-order valence-corrected chi connectivity index (χ4v) is 5.26. The average molecular weight is 473 g/mol. The maximum atomic E-state index is 15.1. The highest BCUT2D eigenvalue weighted by Crippen LogP contribution is 2.38. The third kappa shape index (κ3) is 6.60. The molecule has 0 N–H and O–H groups in total. The van der Waals surface area contributed by atoms with Crippen molar-refractivity contribution in [1.29, 1.82) is 0 Å². The first-order chi connectivity index (χ1) is 17.1. The van der Waals surface area contributed by atoms with Crippen LogP contribution in [0.3, 0.4) is 0 Å². The molecular weight excluding hydrogens is 435 g/mol. The van der Waals surface area contributed by atoms with Crippen LogP contribution in [0, 0.1) is 11.7 Å². The van der Waals surface area contributed by atoms with Gasteiger partial charge in [0.05, 0.1) is 5.56 Å². The van der Waals surface area contributed by atoms with Gasteiger partial charge in [-0.2, -0.15) is 0 Å². The molecule has 4 rings (SSSR count). The van der Waals surface area contributed by atoms with E-state index in [2.05, 4.69) is 19.9 Å². The number of halogens is 1. The van der Waals surface area contributed by atoms with E-state index in [0.717, 1.165) is 42.7 Å². The molecule has 0 unspecified atom stereocenters. The molecule has 1 aliphatic carbocycles. The monoisotopic (exact) mass is 472 g/mol. The second-order valence-electron chi connectivity index (χ2n) is 9.96. The van der Waals surface area contributed by atoms with Gasteiger partial charge in [-0.05, 0) is 91.0 Å². The van der Waals surface area contributed by atoms with E-state index in [1.165, 1.54) is 37.7 Å². The van der Waals surface area contributed by atoms with E-state index in [1.807, 2.05) is 30.3 Å². The molecule has 0 aromatic heterocycles. The van der Waals surface area contributed by atoms with Gasteiger partial charge < -0.3 is 4.74 Å². The summed E-state index contributed by atoms with van der Waals surface area (Å²) in [6, 6.07) is 20.3. The Kier molecular flexibility index (Phi) is 8.74. The SMILES string of the molecule is CCCC[C@H]1CC[C@H](c2ccc(-c3ccc(C(=O)Oc4ccc(CCC)cc4)cc3)c(F)c2)CC1. The molecule has 0 saturated heterocycles. The molecule has 0 aliphatic heterocycles. The maximum Gasteiger partial charge on any atom is 0.343 e. The van der Waals surface area contributed by atoms with E-state index in [4.69, 9.17) is 4.74 Å². The van der Waals surface area contributed by atoms with Crippen molar-refractivity contribution in [3.05, 3.63) is 89.2 Å². The molecule has 184 valence electrons. The summed E-state index contributed by atoms with van der Waals surface area (Å²) in [7, 11) is 0. The summed E-state index contributed by atoms with van der Waals surface area (Å²) < 4.78 is 20.6. The number of benzene rings is 3. The Labute approximate surface area is 209 Å². The average Bonchev–Trinajstić information content (AvgIpc) is 2.89. The normalized spacial score (nSPS) is 17.8. The lowest BCUT2D eigenvalue weighted by Crippen LogP contribution is -2.13. The van der Waals surface area contributed by atoms with Crippen molar-refractivity contribution < 1.29 is 13.9 Å². The lowest BCUT2D eigenvalue weighted by Gasteiger charge is -2.29. The fourth-order valence-electron chi connectivity index (χ4n) is 5.26. The van der Waals surface area contributed by atoms with E-state index in [0.29, 0.717) is 22.8 Å². The molecule has 0 spiro atoms. The molecule has 0 atom stereocenters. The Balaban J connectivity index is 1.37. The van der Waals surface area contributed by atoms with Gasteiger partial charge in [0.15, 0.2) is 0 Å². The summed E-state index contributed by atoms with van der Waals surface area (Å²) in [5, 5.41) is 0. The van der Waals surface area contributed by atoms with Crippen molar-refractivity contribution in [2.75, 3.05) is 0 Å². The zero-order chi connectivity index (χ0) is 24.6. The van der Waals surface area contributed by atoms with Crippen molar-refractivity contribution in [1.82, 2.24) is 0 Å². The van der Waals surface area contributed by atoms with Crippen molar-refractivity contribution in [3.63, 3.8) is 0 Å². The Morgan fingerprint density at radius 3 is 2.23 bits per heavy atom. The first-order valence-corrected chi connectivity index (χ1v) is 13.3. The van der Waals surface area contributed by atoms with Crippen LogP contribution in [0.15, 0.2) is 66.7 Å². The number of ether oxygens (including phenoxy) is 1. The van der Waals surface area contributed by atoms with Gasteiger partial charge >= 0.3 is 5.97 Å². The van der Waals surface area contributed by atoms with Crippen LogP contribution in [0.25, 0.3) is 11.1 Å². The minimum atomic E-state index is -0.412. The molecule has 2 nitrogen and oxygen atoms in total. The number of hydrogen-bond donors (Lipinski definition) is 0. The van der Waals surface area contributed by atoms with Gasteiger partial charge in [0.1, 0.15) is 11.6 Å². The first-order valence-electron chi connectivity index (χ1n) is 13.3. The third-order valence-corrected chi connectivity index (χ3v) is 7.38. The predicted octanol–water partition coefficient (Wildman–Crippen LogP) is 9.13. The number of carbonyl (C=O) groups excluding carboxylic acids is 1. The zero-order valence-electron chi connectivity index (χ0n) is 21.1. The van der Waals surface area contributed by atoms with Gasteiger partial charge in [-0.1, -0.05) is 75.9 Å². The highest BCUT2D eigenvalue weighted by Gasteiger charge is 2.23. The van der Waals surface area contributed by atoms with Crippen molar-refractivity contribution >= 4 is 5.97 Å². The second kappa shape index (κ2) is 12.2. The van der Waals surface area contributed by atoms with Crippen LogP contribution in [0.5, 0.6) is 5.75 Å². The Morgan fingerprint density at radius 2 is 1.60 bits per heavy atom. The number of esters is 1. The summed E-state index contributed by atoms with van der Waals surface area (Å²) in [5.74, 6) is 1.23. The zero-order valence-corrected chi connectivity index (χ0v) is 21.1. The van der Waals surface area contributed by atoms with Gasteiger partial charge in [-0.25, -0.2) is 9.18 Å². The van der Waals surface area contributed by atoms with Crippen molar-refractivity contribution in [2.45, 2.75) is 77.6 Å². The Bertz CT molecular complexity index is 1090. The lowest BCUT2D eigenvalue weighted by atomic mass is 9.77. The molecule has 3 heteroatoms. The Hall–Kier alpha value is -2.94. The highest BCUT2D eigenvalue weighted by atomic mass is 19.1. The van der Waals surface area contributed by atoms with Gasteiger partial charge in [-0.15, -0.1) is 0 Å². The smallest absolute Gasteiger partial charge is 0.343 e. The largest absolute Gasteiger partial charge is 0.423 e. The van der Waals surface area contributed by atoms with Crippen LogP contribution in [0.1, 0.15) is 92.6 Å². The van der Waals surface area contributed by atoms with Crippen LogP contribution >= 0.6 is 0 Å². The van der Waals surface area contributed by atoms with Gasteiger partial charge in [0.25, 0.3) is 0 Å². The Morgan fingerprint density at radius 1 is 0.886 bits per heavy atom. The van der Waals surface area contributed by atoms with Crippen LogP contribution in [-0.4, -0.2) is 5.97 Å². The number of rotatable bonds is 9.